The van der Waals surface area contributed by atoms with Crippen LogP contribution in [-0.4, -0.2) is 65.4 Å². The average molecular weight is 475 g/mol. The van der Waals surface area contributed by atoms with Gasteiger partial charge in [-0.2, -0.15) is 0 Å². The van der Waals surface area contributed by atoms with E-state index in [0.717, 1.165) is 18.4 Å². The Morgan fingerprint density at radius 1 is 1.16 bits per heavy atom. The van der Waals surface area contributed by atoms with Crippen molar-refractivity contribution in [2.24, 2.45) is 17.6 Å². The monoisotopic (exact) mass is 474 g/mol. The van der Waals surface area contributed by atoms with E-state index < -0.39 is 22.2 Å². The maximum atomic E-state index is 11.8. The van der Waals surface area contributed by atoms with E-state index in [-0.39, 0.29) is 18.2 Å². The lowest BCUT2D eigenvalue weighted by Gasteiger charge is -2.27. The van der Waals surface area contributed by atoms with Crippen LogP contribution in [0.5, 0.6) is 11.5 Å². The van der Waals surface area contributed by atoms with Crippen LogP contribution in [0.15, 0.2) is 18.2 Å². The van der Waals surface area contributed by atoms with Crippen LogP contribution in [0.4, 0.5) is 0 Å². The molecule has 186 valence electrons. The topological polar surface area (TPSA) is 120 Å². The summed E-state index contributed by atoms with van der Waals surface area (Å²) >= 11 is 0. The third-order valence-electron chi connectivity index (χ3n) is 5.47. The van der Waals surface area contributed by atoms with Crippen LogP contribution in [0, 0.1) is 11.8 Å². The van der Waals surface area contributed by atoms with E-state index in [4.69, 9.17) is 19.9 Å². The van der Waals surface area contributed by atoms with E-state index in [1.807, 2.05) is 18.2 Å². The van der Waals surface area contributed by atoms with Crippen LogP contribution >= 0.6 is 0 Å². The van der Waals surface area contributed by atoms with Crippen molar-refractivity contribution in [3.05, 3.63) is 23.8 Å². The Balaban J connectivity index is 2.77. The Labute approximate surface area is 193 Å². The van der Waals surface area contributed by atoms with Gasteiger partial charge in [-0.05, 0) is 48.8 Å². The number of benzene rings is 1. The van der Waals surface area contributed by atoms with Crippen molar-refractivity contribution in [2.75, 3.05) is 39.7 Å². The lowest BCUT2D eigenvalue weighted by Crippen LogP contribution is -2.45. The number of ether oxygens (including phenoxy) is 3. The average Bonchev–Trinajstić information content (AvgIpc) is 2.74. The van der Waals surface area contributed by atoms with Crippen molar-refractivity contribution in [1.29, 1.82) is 0 Å². The fraction of sp³-hybridized carbons (Fsp3) is 0.739. The molecule has 0 spiro atoms. The molecule has 0 saturated carbocycles. The van der Waals surface area contributed by atoms with E-state index in [1.54, 1.807) is 21.1 Å². The molecule has 4 N–H and O–H groups in total. The van der Waals surface area contributed by atoms with Gasteiger partial charge in [0, 0.05) is 32.7 Å². The molecule has 0 aliphatic heterocycles. The fourth-order valence-corrected chi connectivity index (χ4v) is 4.56. The molecule has 32 heavy (non-hydrogen) atoms. The minimum absolute atomic E-state index is 0.0386. The van der Waals surface area contributed by atoms with Crippen molar-refractivity contribution in [1.82, 2.24) is 4.72 Å². The van der Waals surface area contributed by atoms with E-state index in [2.05, 4.69) is 18.6 Å². The highest BCUT2D eigenvalue weighted by atomic mass is 32.2. The summed E-state index contributed by atoms with van der Waals surface area (Å²) in [6.07, 6.45) is 1.70. The van der Waals surface area contributed by atoms with Crippen molar-refractivity contribution in [2.45, 2.75) is 58.6 Å². The molecule has 0 aliphatic rings. The van der Waals surface area contributed by atoms with Crippen LogP contribution in [0.25, 0.3) is 0 Å². The molecule has 3 atom stereocenters. The second-order valence-electron chi connectivity index (χ2n) is 8.52. The Kier molecular flexibility index (Phi) is 13.2. The number of nitrogens with one attached hydrogen (secondary N) is 1. The molecule has 0 saturated heterocycles. The zero-order valence-electron chi connectivity index (χ0n) is 20.2. The first-order valence-electron chi connectivity index (χ1n) is 11.3. The van der Waals surface area contributed by atoms with Crippen molar-refractivity contribution >= 4 is 10.0 Å². The second-order valence-corrected chi connectivity index (χ2v) is 10.4. The maximum absolute atomic E-state index is 11.8. The number of aliphatic hydroxyl groups excluding tert-OH is 1. The molecule has 1 aromatic rings. The summed E-state index contributed by atoms with van der Waals surface area (Å²) < 4.78 is 42.5. The van der Waals surface area contributed by atoms with E-state index >= 15 is 0 Å². The van der Waals surface area contributed by atoms with E-state index in [1.165, 1.54) is 0 Å². The number of hydrogen-bond donors (Lipinski definition) is 3. The fourth-order valence-electron chi connectivity index (χ4n) is 3.45. The molecule has 0 amide bonds. The van der Waals surface area contributed by atoms with Gasteiger partial charge in [0.2, 0.25) is 10.0 Å². The zero-order chi connectivity index (χ0) is 24.1. The Morgan fingerprint density at radius 3 is 2.47 bits per heavy atom. The lowest BCUT2D eigenvalue weighted by molar-refractivity contribution is 0.129. The molecule has 0 aromatic heterocycles. The number of hydrogen-bond acceptors (Lipinski definition) is 7. The predicted octanol–water partition coefficient (Wildman–Crippen LogP) is 2.33. The number of rotatable bonds is 17. The van der Waals surface area contributed by atoms with Crippen LogP contribution in [0.3, 0.4) is 0 Å². The molecule has 0 aliphatic carbocycles. The highest BCUT2D eigenvalue weighted by molar-refractivity contribution is 7.89. The molecule has 8 nitrogen and oxygen atoms in total. The Morgan fingerprint density at radius 2 is 1.88 bits per heavy atom. The number of aliphatic hydroxyl groups is 1. The lowest BCUT2D eigenvalue weighted by atomic mass is 9.83. The molecular weight excluding hydrogens is 432 g/mol. The van der Waals surface area contributed by atoms with E-state index in [0.29, 0.717) is 43.5 Å². The van der Waals surface area contributed by atoms with Gasteiger partial charge in [-0.15, -0.1) is 0 Å². The summed E-state index contributed by atoms with van der Waals surface area (Å²) in [5.74, 6) is 1.95. The van der Waals surface area contributed by atoms with Gasteiger partial charge in [0.25, 0.3) is 0 Å². The molecule has 0 fully saturated rings. The summed E-state index contributed by atoms with van der Waals surface area (Å²) in [6.45, 7) is 7.14. The highest BCUT2D eigenvalue weighted by Crippen LogP contribution is 2.31. The van der Waals surface area contributed by atoms with Crippen LogP contribution in [0.2, 0.25) is 0 Å². The second kappa shape index (κ2) is 14.7. The summed E-state index contributed by atoms with van der Waals surface area (Å²) in [4.78, 5) is 0. The molecule has 0 bridgehead atoms. The minimum Gasteiger partial charge on any atom is -0.493 e. The molecule has 0 radical (unpaired) electrons. The molecule has 9 heteroatoms. The summed E-state index contributed by atoms with van der Waals surface area (Å²) in [5, 5.41) is 10.4. The third kappa shape index (κ3) is 10.5. The number of nitrogens with two attached hydrogens (primary N) is 1. The van der Waals surface area contributed by atoms with Gasteiger partial charge in [-0.1, -0.05) is 26.8 Å². The Hall–Kier alpha value is -1.39. The van der Waals surface area contributed by atoms with E-state index in [9.17, 15) is 13.5 Å². The van der Waals surface area contributed by atoms with Crippen molar-refractivity contribution < 1.29 is 27.7 Å². The quantitative estimate of drug-likeness (QED) is 0.296. The maximum Gasteiger partial charge on any atom is 0.211 e. The normalized spacial score (nSPS) is 14.9. The summed E-state index contributed by atoms with van der Waals surface area (Å²) in [6, 6.07) is 5.36. The standard InChI is InChI=1S/C23H42N2O6S/c1-6-12-32(27,28)25-16-21(26)20(24)15-19(17(2)3)13-18-8-9-22(30-5)23(14-18)31-11-7-10-29-4/h8-9,14,17,19-21,25-26H,6-7,10-13,15-16,24H2,1-5H3/t19-,20-,21-/m0/s1. The first kappa shape index (κ1) is 28.6. The Bertz CT molecular complexity index is 757. The molecule has 0 heterocycles. The van der Waals surface area contributed by atoms with Gasteiger partial charge in [0.1, 0.15) is 0 Å². The van der Waals surface area contributed by atoms with Crippen LogP contribution in [0.1, 0.15) is 45.6 Å². The molecule has 1 rings (SSSR count). The largest absolute Gasteiger partial charge is 0.493 e. The SMILES string of the molecule is CCCS(=O)(=O)NC[C@H](O)[C@@H](N)C[C@H](Cc1ccc(OC)c(OCCCOC)c1)C(C)C. The van der Waals surface area contributed by atoms with Crippen LogP contribution in [-0.2, 0) is 21.2 Å². The summed E-state index contributed by atoms with van der Waals surface area (Å²) in [7, 11) is -0.0997. The van der Waals surface area contributed by atoms with Crippen molar-refractivity contribution in [3.8, 4) is 11.5 Å². The molecule has 1 aromatic carbocycles. The molecular formula is C23H42N2O6S. The van der Waals surface area contributed by atoms with Gasteiger partial charge in [0.15, 0.2) is 11.5 Å². The molecule has 0 unspecified atom stereocenters. The highest BCUT2D eigenvalue weighted by Gasteiger charge is 2.24. The van der Waals surface area contributed by atoms with Gasteiger partial charge in [-0.3, -0.25) is 0 Å². The van der Waals surface area contributed by atoms with Gasteiger partial charge in [0.05, 0.1) is 25.6 Å². The first-order valence-corrected chi connectivity index (χ1v) is 13.0. The van der Waals surface area contributed by atoms with Gasteiger partial charge >= 0.3 is 0 Å². The number of methoxy groups -OCH3 is 2. The van der Waals surface area contributed by atoms with Crippen LogP contribution < -0.4 is 19.9 Å². The zero-order valence-corrected chi connectivity index (χ0v) is 21.0. The smallest absolute Gasteiger partial charge is 0.211 e. The third-order valence-corrected chi connectivity index (χ3v) is 7.03. The van der Waals surface area contributed by atoms with Gasteiger partial charge in [-0.25, -0.2) is 13.1 Å². The first-order chi connectivity index (χ1) is 15.1. The number of sulfonamides is 1. The minimum atomic E-state index is -3.38. The van der Waals surface area contributed by atoms with Gasteiger partial charge < -0.3 is 25.1 Å². The summed E-state index contributed by atoms with van der Waals surface area (Å²) in [5.41, 5.74) is 7.34. The predicted molar refractivity (Wildman–Crippen MR) is 128 cm³/mol. The van der Waals surface area contributed by atoms with Crippen molar-refractivity contribution in [3.63, 3.8) is 0 Å².